The number of ether oxygens (including phenoxy) is 1. The lowest BCUT2D eigenvalue weighted by atomic mass is 10.1. The lowest BCUT2D eigenvalue weighted by Gasteiger charge is -2.31. The zero-order valence-corrected chi connectivity index (χ0v) is 22.4. The number of carbonyl (C=O) groups excluding carboxylic acids is 1. The van der Waals surface area contributed by atoms with Crippen LogP contribution in [0.5, 0.6) is 5.75 Å². The average molecular weight is 518 g/mol. The van der Waals surface area contributed by atoms with E-state index in [4.69, 9.17) is 9.72 Å². The highest BCUT2D eigenvalue weighted by molar-refractivity contribution is 5.94. The molecule has 0 bridgehead atoms. The minimum Gasteiger partial charge on any atom is -0.494 e. The summed E-state index contributed by atoms with van der Waals surface area (Å²) in [6.45, 7) is 6.76. The molecule has 1 heterocycles. The third-order valence-electron chi connectivity index (χ3n) is 6.80. The van der Waals surface area contributed by atoms with Gasteiger partial charge in [0.25, 0.3) is 11.5 Å². The number of hydrogen-bond acceptors (Lipinski definition) is 4. The van der Waals surface area contributed by atoms with Crippen molar-refractivity contribution in [2.75, 3.05) is 6.61 Å². The Morgan fingerprint density at radius 2 is 1.56 bits per heavy atom. The maximum Gasteiger partial charge on any atom is 0.266 e. The minimum absolute atomic E-state index is 0.132. The van der Waals surface area contributed by atoms with E-state index >= 15 is 0 Å². The van der Waals surface area contributed by atoms with Crippen molar-refractivity contribution < 1.29 is 9.53 Å². The summed E-state index contributed by atoms with van der Waals surface area (Å²) in [5, 5.41) is 0.516. The molecule has 39 heavy (non-hydrogen) atoms. The summed E-state index contributed by atoms with van der Waals surface area (Å²) in [6, 6.07) is 31.6. The van der Waals surface area contributed by atoms with Crippen LogP contribution in [0.1, 0.15) is 47.2 Å². The third-order valence-corrected chi connectivity index (χ3v) is 6.80. The monoisotopic (exact) mass is 517 g/mol. The van der Waals surface area contributed by atoms with Gasteiger partial charge in [0.2, 0.25) is 0 Å². The molecule has 196 valence electrons. The molecule has 6 nitrogen and oxygen atoms in total. The van der Waals surface area contributed by atoms with Gasteiger partial charge in [-0.3, -0.25) is 14.2 Å². The molecule has 5 aromatic rings. The van der Waals surface area contributed by atoms with Gasteiger partial charge in [-0.1, -0.05) is 60.2 Å². The van der Waals surface area contributed by atoms with Crippen molar-refractivity contribution in [3.05, 3.63) is 136 Å². The van der Waals surface area contributed by atoms with Crippen LogP contribution in [0.25, 0.3) is 16.6 Å². The normalized spacial score (nSPS) is 11.8. The van der Waals surface area contributed by atoms with Gasteiger partial charge in [0, 0.05) is 12.1 Å². The molecule has 0 fully saturated rings. The van der Waals surface area contributed by atoms with Gasteiger partial charge in [-0.05, 0) is 74.9 Å². The zero-order chi connectivity index (χ0) is 27.4. The van der Waals surface area contributed by atoms with Gasteiger partial charge in [-0.25, -0.2) is 4.98 Å². The summed E-state index contributed by atoms with van der Waals surface area (Å²) < 4.78 is 7.23. The fourth-order valence-electron chi connectivity index (χ4n) is 4.70. The number of fused-ring (bicyclic) bond motifs is 1. The number of benzene rings is 4. The summed E-state index contributed by atoms with van der Waals surface area (Å²) in [5.74, 6) is 1.07. The van der Waals surface area contributed by atoms with Crippen molar-refractivity contribution >= 4 is 16.8 Å². The molecule has 1 unspecified atom stereocenters. The van der Waals surface area contributed by atoms with Gasteiger partial charge in [0.1, 0.15) is 11.6 Å². The van der Waals surface area contributed by atoms with E-state index in [-0.39, 0.29) is 11.5 Å². The molecule has 1 atom stereocenters. The first-order valence-electron chi connectivity index (χ1n) is 13.1. The highest BCUT2D eigenvalue weighted by Gasteiger charge is 2.28. The quantitative estimate of drug-likeness (QED) is 0.236. The number of aromatic nitrogens is 2. The van der Waals surface area contributed by atoms with Crippen LogP contribution >= 0.6 is 0 Å². The van der Waals surface area contributed by atoms with Gasteiger partial charge in [0.05, 0.1) is 29.2 Å². The number of amides is 1. The first-order valence-corrected chi connectivity index (χ1v) is 13.1. The van der Waals surface area contributed by atoms with E-state index in [0.29, 0.717) is 41.1 Å². The summed E-state index contributed by atoms with van der Waals surface area (Å²) in [5.41, 5.74) is 3.71. The SMILES string of the molecule is CCOc1ccc(-n2c(C(C)N(Cc3ccccc3)C(=O)c3ccc(C)cc3)nc3ccccc3c2=O)cc1. The second-order valence-corrected chi connectivity index (χ2v) is 9.52. The van der Waals surface area contributed by atoms with E-state index in [1.165, 1.54) is 0 Å². The molecule has 0 saturated carbocycles. The largest absolute Gasteiger partial charge is 0.494 e. The number of para-hydroxylation sites is 1. The van der Waals surface area contributed by atoms with Gasteiger partial charge in [0.15, 0.2) is 0 Å². The Morgan fingerprint density at radius 1 is 0.897 bits per heavy atom. The van der Waals surface area contributed by atoms with E-state index in [1.54, 1.807) is 15.5 Å². The van der Waals surface area contributed by atoms with E-state index < -0.39 is 6.04 Å². The Kier molecular flexibility index (Phi) is 7.55. The van der Waals surface area contributed by atoms with Gasteiger partial charge in [-0.15, -0.1) is 0 Å². The number of rotatable bonds is 8. The Labute approximate surface area is 228 Å². The van der Waals surface area contributed by atoms with Crippen molar-refractivity contribution in [1.82, 2.24) is 14.5 Å². The van der Waals surface area contributed by atoms with E-state index in [0.717, 1.165) is 16.9 Å². The molecule has 0 spiro atoms. The summed E-state index contributed by atoms with van der Waals surface area (Å²) in [4.78, 5) is 34.6. The first kappa shape index (κ1) is 25.9. The highest BCUT2D eigenvalue weighted by atomic mass is 16.5. The van der Waals surface area contributed by atoms with Crippen LogP contribution in [0.15, 0.2) is 108 Å². The van der Waals surface area contributed by atoms with Crippen LogP contribution in [0.2, 0.25) is 0 Å². The standard InChI is InChI=1S/C33H31N3O3/c1-4-39-28-20-18-27(19-21-28)36-31(34-30-13-9-8-12-29(30)33(36)38)24(3)35(22-25-10-6-5-7-11-25)32(37)26-16-14-23(2)15-17-26/h5-21,24H,4,22H2,1-3H3. The van der Waals surface area contributed by atoms with Gasteiger partial charge in [-0.2, -0.15) is 0 Å². The van der Waals surface area contributed by atoms with Gasteiger partial charge < -0.3 is 9.64 Å². The zero-order valence-electron chi connectivity index (χ0n) is 22.4. The number of nitrogens with zero attached hydrogens (tertiary/aromatic N) is 3. The van der Waals surface area contributed by atoms with E-state index in [2.05, 4.69) is 0 Å². The molecular formula is C33H31N3O3. The first-order chi connectivity index (χ1) is 19.0. The van der Waals surface area contributed by atoms with Crippen LogP contribution in [-0.2, 0) is 6.54 Å². The fraction of sp³-hybridized carbons (Fsp3) is 0.182. The molecule has 0 N–H and O–H groups in total. The average Bonchev–Trinajstić information content (AvgIpc) is 2.97. The van der Waals surface area contributed by atoms with Crippen molar-refractivity contribution in [2.24, 2.45) is 0 Å². The van der Waals surface area contributed by atoms with Crippen LogP contribution < -0.4 is 10.3 Å². The number of aryl methyl sites for hydroxylation is 1. The maximum absolute atomic E-state index is 14.0. The molecule has 0 aliphatic carbocycles. The van der Waals surface area contributed by atoms with Crippen LogP contribution in [-0.4, -0.2) is 27.0 Å². The molecular weight excluding hydrogens is 486 g/mol. The van der Waals surface area contributed by atoms with E-state index in [1.807, 2.05) is 118 Å². The Balaban J connectivity index is 1.67. The predicted molar refractivity (Wildman–Crippen MR) is 154 cm³/mol. The van der Waals surface area contributed by atoms with Crippen LogP contribution in [0, 0.1) is 6.92 Å². The lowest BCUT2D eigenvalue weighted by molar-refractivity contribution is 0.0664. The van der Waals surface area contributed by atoms with Crippen molar-refractivity contribution in [3.8, 4) is 11.4 Å². The van der Waals surface area contributed by atoms with Crippen molar-refractivity contribution in [1.29, 1.82) is 0 Å². The molecule has 1 amide bonds. The molecule has 1 aromatic heterocycles. The topological polar surface area (TPSA) is 64.4 Å². The Morgan fingerprint density at radius 3 is 2.26 bits per heavy atom. The molecule has 0 aliphatic rings. The molecule has 0 radical (unpaired) electrons. The number of carbonyl (C=O) groups is 1. The molecule has 0 saturated heterocycles. The maximum atomic E-state index is 14.0. The fourth-order valence-corrected chi connectivity index (χ4v) is 4.70. The van der Waals surface area contributed by atoms with Gasteiger partial charge >= 0.3 is 0 Å². The molecule has 6 heteroatoms. The Bertz CT molecular complexity index is 1640. The highest BCUT2D eigenvalue weighted by Crippen LogP contribution is 2.27. The molecule has 4 aromatic carbocycles. The summed E-state index contributed by atoms with van der Waals surface area (Å²) in [7, 11) is 0. The van der Waals surface area contributed by atoms with Crippen molar-refractivity contribution in [2.45, 2.75) is 33.4 Å². The number of hydrogen-bond donors (Lipinski definition) is 0. The summed E-state index contributed by atoms with van der Waals surface area (Å²) in [6.07, 6.45) is 0. The van der Waals surface area contributed by atoms with Crippen LogP contribution in [0.3, 0.4) is 0 Å². The summed E-state index contributed by atoms with van der Waals surface area (Å²) >= 11 is 0. The second-order valence-electron chi connectivity index (χ2n) is 9.52. The third kappa shape index (κ3) is 5.46. The van der Waals surface area contributed by atoms with Crippen molar-refractivity contribution in [3.63, 3.8) is 0 Å². The molecule has 5 rings (SSSR count). The lowest BCUT2D eigenvalue weighted by Crippen LogP contribution is -2.37. The smallest absolute Gasteiger partial charge is 0.266 e. The second kappa shape index (κ2) is 11.4. The Hall–Kier alpha value is -4.71. The minimum atomic E-state index is -0.525. The van der Waals surface area contributed by atoms with E-state index in [9.17, 15) is 9.59 Å². The van der Waals surface area contributed by atoms with Crippen LogP contribution in [0.4, 0.5) is 0 Å². The predicted octanol–water partition coefficient (Wildman–Crippen LogP) is 6.50. The molecule has 0 aliphatic heterocycles.